The highest BCUT2D eigenvalue weighted by molar-refractivity contribution is 7.80. The molecule has 1 saturated heterocycles. The monoisotopic (exact) mass is 529 g/mol. The molecule has 0 bridgehead atoms. The van der Waals surface area contributed by atoms with E-state index < -0.39 is 11.4 Å². The van der Waals surface area contributed by atoms with Crippen molar-refractivity contribution in [3.63, 3.8) is 0 Å². The molecule has 0 spiro atoms. The van der Waals surface area contributed by atoms with E-state index in [1.807, 2.05) is 42.5 Å². The zero-order valence-electron chi connectivity index (χ0n) is 19.0. The van der Waals surface area contributed by atoms with Gasteiger partial charge in [0.25, 0.3) is 11.4 Å². The van der Waals surface area contributed by atoms with Gasteiger partial charge in [0.2, 0.25) is 6.79 Å². The Morgan fingerprint density at radius 1 is 1.06 bits per heavy atom. The van der Waals surface area contributed by atoms with Crippen LogP contribution in [0.5, 0.6) is 11.5 Å². The molecule has 11 nitrogen and oxygen atoms in total. The fourth-order valence-electron chi connectivity index (χ4n) is 4.20. The summed E-state index contributed by atoms with van der Waals surface area (Å²) in [6.07, 6.45) is 1.61. The van der Waals surface area contributed by atoms with Gasteiger partial charge in [-0.2, -0.15) is 4.21 Å². The number of hydrogen-bond acceptors (Lipinski definition) is 8. The number of para-hydroxylation sites is 1. The van der Waals surface area contributed by atoms with Crippen molar-refractivity contribution >= 4 is 56.6 Å². The molecule has 4 heterocycles. The van der Waals surface area contributed by atoms with E-state index >= 15 is 0 Å². The SMILES string of the molecule is O=S(O)O.S=C(NCc1ccc2c(c1)OCO2)N1CCN(c2ncnc3c2oc2ccccc23)CC1. The molecule has 0 radical (unpaired) electrons. The summed E-state index contributed by atoms with van der Waals surface area (Å²) in [5.41, 5.74) is 3.53. The first-order chi connectivity index (χ1) is 17.5. The molecule has 13 heteroatoms. The molecule has 188 valence electrons. The maximum absolute atomic E-state index is 8.67. The standard InChI is InChI=1S/C23H21N5O3S.H2O3S/c32-23(24-12-15-5-6-18-19(11-15)30-14-29-18)28-9-7-27(8-10-28)22-21-20(25-13-26-22)16-3-1-2-4-17(16)31-21;1-4(2)3/h1-6,11,13H,7-10,12,14H2,(H,24,32);(H2,1,2,3). The molecule has 0 amide bonds. The molecule has 2 aliphatic heterocycles. The van der Waals surface area contributed by atoms with Crippen molar-refractivity contribution in [3.8, 4) is 11.5 Å². The minimum atomic E-state index is -2.61. The van der Waals surface area contributed by atoms with Crippen molar-refractivity contribution in [2.75, 3.05) is 37.9 Å². The van der Waals surface area contributed by atoms with Crippen LogP contribution in [0.1, 0.15) is 5.56 Å². The van der Waals surface area contributed by atoms with Crippen LogP contribution in [0, 0.1) is 0 Å². The third kappa shape index (κ3) is 5.18. The Morgan fingerprint density at radius 2 is 1.81 bits per heavy atom. The fourth-order valence-corrected chi connectivity index (χ4v) is 4.45. The third-order valence-electron chi connectivity index (χ3n) is 5.89. The molecule has 2 aliphatic rings. The predicted octanol–water partition coefficient (Wildman–Crippen LogP) is 2.98. The third-order valence-corrected chi connectivity index (χ3v) is 6.29. The van der Waals surface area contributed by atoms with Gasteiger partial charge in [0.1, 0.15) is 17.4 Å². The molecule has 0 atom stereocenters. The van der Waals surface area contributed by atoms with Crippen molar-refractivity contribution in [1.29, 1.82) is 0 Å². The van der Waals surface area contributed by atoms with Gasteiger partial charge in [-0.1, -0.05) is 18.2 Å². The lowest BCUT2D eigenvalue weighted by Crippen LogP contribution is -2.51. The lowest BCUT2D eigenvalue weighted by Gasteiger charge is -2.36. The van der Waals surface area contributed by atoms with E-state index in [9.17, 15) is 0 Å². The van der Waals surface area contributed by atoms with Crippen LogP contribution >= 0.6 is 12.2 Å². The molecule has 2 aromatic heterocycles. The molecule has 0 unspecified atom stereocenters. The lowest BCUT2D eigenvalue weighted by atomic mass is 10.2. The second-order valence-electron chi connectivity index (χ2n) is 8.02. The first-order valence-electron chi connectivity index (χ1n) is 11.1. The summed E-state index contributed by atoms with van der Waals surface area (Å²) in [7, 11) is 0. The first kappa shape index (κ1) is 24.2. The minimum absolute atomic E-state index is 0.279. The molecule has 0 saturated carbocycles. The van der Waals surface area contributed by atoms with Crippen LogP contribution in [0.3, 0.4) is 0 Å². The minimum Gasteiger partial charge on any atom is -0.454 e. The van der Waals surface area contributed by atoms with Gasteiger partial charge in [-0.3, -0.25) is 9.11 Å². The number of piperazine rings is 1. The summed E-state index contributed by atoms with van der Waals surface area (Å²) in [6.45, 7) is 4.13. The number of furan rings is 1. The molecule has 2 aromatic carbocycles. The Morgan fingerprint density at radius 3 is 2.61 bits per heavy atom. The summed E-state index contributed by atoms with van der Waals surface area (Å²) in [5.74, 6) is 2.41. The maximum Gasteiger partial charge on any atom is 0.299 e. The van der Waals surface area contributed by atoms with Crippen molar-refractivity contribution in [2.24, 2.45) is 0 Å². The van der Waals surface area contributed by atoms with E-state index in [0.717, 1.165) is 76.2 Å². The van der Waals surface area contributed by atoms with Gasteiger partial charge in [-0.05, 0) is 42.0 Å². The number of nitrogens with zero attached hydrogens (tertiary/aromatic N) is 4. The van der Waals surface area contributed by atoms with Crippen molar-refractivity contribution in [3.05, 3.63) is 54.4 Å². The molecule has 4 aromatic rings. The number of anilines is 1. The van der Waals surface area contributed by atoms with E-state index in [0.29, 0.717) is 6.54 Å². The highest BCUT2D eigenvalue weighted by Crippen LogP contribution is 2.33. The van der Waals surface area contributed by atoms with Crippen LogP contribution < -0.4 is 19.7 Å². The largest absolute Gasteiger partial charge is 0.454 e. The number of fused-ring (bicyclic) bond motifs is 4. The van der Waals surface area contributed by atoms with E-state index in [2.05, 4.69) is 25.1 Å². The normalized spacial score (nSPS) is 14.8. The van der Waals surface area contributed by atoms with E-state index in [1.54, 1.807) is 6.33 Å². The molecule has 36 heavy (non-hydrogen) atoms. The van der Waals surface area contributed by atoms with Gasteiger partial charge in [0.05, 0.1) is 0 Å². The van der Waals surface area contributed by atoms with E-state index in [4.69, 9.17) is 39.4 Å². The summed E-state index contributed by atoms with van der Waals surface area (Å²) in [5, 5.41) is 5.12. The topological polar surface area (TPSA) is 133 Å². The Labute approximate surface area is 214 Å². The fraction of sp³-hybridized carbons (Fsp3) is 0.261. The number of rotatable bonds is 3. The highest BCUT2D eigenvalue weighted by Gasteiger charge is 2.24. The molecular weight excluding hydrogens is 506 g/mol. The van der Waals surface area contributed by atoms with E-state index in [-0.39, 0.29) is 6.79 Å². The van der Waals surface area contributed by atoms with Crippen molar-refractivity contribution < 1.29 is 27.2 Å². The average Bonchev–Trinajstić information content (AvgIpc) is 3.51. The molecule has 0 aliphatic carbocycles. The second-order valence-corrected chi connectivity index (χ2v) is 8.87. The number of ether oxygens (including phenoxy) is 2. The number of aromatic nitrogens is 2. The first-order valence-corrected chi connectivity index (χ1v) is 12.5. The maximum atomic E-state index is 8.67. The number of nitrogens with one attached hydrogen (secondary N) is 1. The van der Waals surface area contributed by atoms with Crippen LogP contribution in [0.2, 0.25) is 0 Å². The van der Waals surface area contributed by atoms with Gasteiger partial charge >= 0.3 is 0 Å². The van der Waals surface area contributed by atoms with E-state index in [1.165, 1.54) is 0 Å². The smallest absolute Gasteiger partial charge is 0.299 e. The Balaban J connectivity index is 0.000000623. The van der Waals surface area contributed by atoms with Crippen molar-refractivity contribution in [2.45, 2.75) is 6.54 Å². The number of hydrogen-bond donors (Lipinski definition) is 3. The Hall–Kier alpha value is -3.52. The van der Waals surface area contributed by atoms with Gasteiger partial charge in [-0.15, -0.1) is 0 Å². The molecule has 3 N–H and O–H groups in total. The molecular formula is C23H23N5O6S2. The Kier molecular flexibility index (Phi) is 7.13. The predicted molar refractivity (Wildman–Crippen MR) is 138 cm³/mol. The quantitative estimate of drug-likeness (QED) is 0.266. The van der Waals surface area contributed by atoms with Gasteiger partial charge in [-0.25, -0.2) is 9.97 Å². The number of thiocarbonyl (C=S) groups is 1. The van der Waals surface area contributed by atoms with Crippen LogP contribution in [0.25, 0.3) is 22.1 Å². The molecule has 1 fully saturated rings. The zero-order chi connectivity index (χ0) is 25.1. The van der Waals surface area contributed by atoms with Crippen LogP contribution in [0.15, 0.2) is 53.2 Å². The van der Waals surface area contributed by atoms with Crippen molar-refractivity contribution in [1.82, 2.24) is 20.2 Å². The van der Waals surface area contributed by atoms with Gasteiger partial charge < -0.3 is 29.0 Å². The summed E-state index contributed by atoms with van der Waals surface area (Å²) in [6, 6.07) is 13.9. The average molecular weight is 530 g/mol. The van der Waals surface area contributed by atoms with Crippen LogP contribution in [-0.2, 0) is 17.9 Å². The zero-order valence-corrected chi connectivity index (χ0v) is 20.6. The second kappa shape index (κ2) is 10.6. The summed E-state index contributed by atoms with van der Waals surface area (Å²) >= 11 is 3.03. The summed E-state index contributed by atoms with van der Waals surface area (Å²) in [4.78, 5) is 13.4. The molecule has 6 rings (SSSR count). The number of benzene rings is 2. The van der Waals surface area contributed by atoms with Gasteiger partial charge in [0, 0.05) is 38.1 Å². The highest BCUT2D eigenvalue weighted by atomic mass is 32.2. The lowest BCUT2D eigenvalue weighted by molar-refractivity contribution is 0.174. The van der Waals surface area contributed by atoms with Crippen LogP contribution in [-0.4, -0.2) is 66.3 Å². The summed E-state index contributed by atoms with van der Waals surface area (Å²) < 4.78 is 39.7. The van der Waals surface area contributed by atoms with Crippen LogP contribution in [0.4, 0.5) is 5.82 Å². The Bertz CT molecular complexity index is 1420. The van der Waals surface area contributed by atoms with Gasteiger partial charge in [0.15, 0.2) is 28.0 Å².